The summed E-state index contributed by atoms with van der Waals surface area (Å²) >= 11 is 1.10. The number of rotatable bonds is 4. The number of amides is 1. The van der Waals surface area contributed by atoms with Crippen LogP contribution in [-0.4, -0.2) is 22.8 Å². The molecule has 0 aromatic heterocycles. The highest BCUT2D eigenvalue weighted by Gasteiger charge is 2.55. The van der Waals surface area contributed by atoms with Gasteiger partial charge >= 0.3 is 6.18 Å². The van der Waals surface area contributed by atoms with Crippen LogP contribution >= 0.6 is 11.8 Å². The lowest BCUT2D eigenvalue weighted by molar-refractivity contribution is -0.242. The molecule has 2 aromatic rings. The topological polar surface area (TPSA) is 49.3 Å². The van der Waals surface area contributed by atoms with Crippen LogP contribution < -0.4 is 5.32 Å². The van der Waals surface area contributed by atoms with Crippen molar-refractivity contribution in [2.45, 2.75) is 28.5 Å². The van der Waals surface area contributed by atoms with Gasteiger partial charge in [-0.1, -0.05) is 11.8 Å². The molecule has 2 rings (SSSR count). The van der Waals surface area contributed by atoms with Crippen LogP contribution in [0.3, 0.4) is 0 Å². The van der Waals surface area contributed by atoms with Gasteiger partial charge in [0.05, 0.1) is 5.69 Å². The summed E-state index contributed by atoms with van der Waals surface area (Å²) in [7, 11) is 0. The second-order valence-electron chi connectivity index (χ2n) is 5.22. The molecule has 1 atom stereocenters. The normalized spacial score (nSPS) is 14.0. The van der Waals surface area contributed by atoms with Crippen molar-refractivity contribution in [3.8, 4) is 0 Å². The van der Waals surface area contributed by atoms with E-state index in [1.54, 1.807) is 5.32 Å². The van der Waals surface area contributed by atoms with Crippen LogP contribution in [0.5, 0.6) is 0 Å². The number of hydrogen-bond donors (Lipinski definition) is 2. The molecule has 0 aliphatic carbocycles. The van der Waals surface area contributed by atoms with Gasteiger partial charge in [-0.2, -0.15) is 13.2 Å². The summed E-state index contributed by atoms with van der Waals surface area (Å²) in [5.74, 6) is -3.19. The molecule has 0 aliphatic heterocycles. The Morgan fingerprint density at radius 1 is 1.04 bits per heavy atom. The fraction of sp³-hybridized carbons (Fsp3) is 0.188. The van der Waals surface area contributed by atoms with E-state index in [4.69, 9.17) is 0 Å². The zero-order chi connectivity index (χ0) is 18.8. The highest BCUT2D eigenvalue weighted by atomic mass is 32.2. The Balaban J connectivity index is 2.14. The van der Waals surface area contributed by atoms with E-state index < -0.39 is 35.0 Å². The molecule has 2 N–H and O–H groups in total. The molecule has 25 heavy (non-hydrogen) atoms. The first kappa shape index (κ1) is 19.2. The number of aliphatic hydroxyl groups is 1. The predicted molar refractivity (Wildman–Crippen MR) is 82.2 cm³/mol. The van der Waals surface area contributed by atoms with Gasteiger partial charge in [0.1, 0.15) is 11.6 Å². The maximum absolute atomic E-state index is 14.0. The van der Waals surface area contributed by atoms with Crippen molar-refractivity contribution in [1.82, 2.24) is 0 Å². The van der Waals surface area contributed by atoms with Crippen molar-refractivity contribution in [2.75, 3.05) is 5.32 Å². The minimum atomic E-state index is -5.20. The molecule has 0 fully saturated rings. The maximum atomic E-state index is 14.0. The van der Waals surface area contributed by atoms with Crippen LogP contribution in [0.1, 0.15) is 6.92 Å². The number of benzene rings is 2. The zero-order valence-electron chi connectivity index (χ0n) is 12.7. The van der Waals surface area contributed by atoms with Crippen LogP contribution in [0.2, 0.25) is 0 Å². The minimum Gasteiger partial charge on any atom is -0.373 e. The van der Waals surface area contributed by atoms with Gasteiger partial charge in [-0.3, -0.25) is 4.79 Å². The molecule has 3 nitrogen and oxygen atoms in total. The SMILES string of the molecule is C[C@@](O)(C(=O)Nc1ccc(Sc2ccc(F)cc2)cc1F)C(F)(F)F. The first-order chi connectivity index (χ1) is 11.5. The maximum Gasteiger partial charge on any atom is 0.426 e. The lowest BCUT2D eigenvalue weighted by Crippen LogP contribution is -2.52. The number of carbonyl (C=O) groups excluding carboxylic acids is 1. The van der Waals surface area contributed by atoms with Gasteiger partial charge in [-0.15, -0.1) is 0 Å². The molecule has 0 bridgehead atoms. The average molecular weight is 377 g/mol. The summed E-state index contributed by atoms with van der Waals surface area (Å²) in [5.41, 5.74) is -4.15. The molecule has 2 aromatic carbocycles. The molecular weight excluding hydrogens is 365 g/mol. The van der Waals surface area contributed by atoms with Gasteiger partial charge in [0.25, 0.3) is 5.91 Å². The Labute approximate surface area is 143 Å². The molecule has 134 valence electrons. The van der Waals surface area contributed by atoms with Gasteiger partial charge in [0, 0.05) is 9.79 Å². The van der Waals surface area contributed by atoms with E-state index >= 15 is 0 Å². The van der Waals surface area contributed by atoms with Crippen molar-refractivity contribution in [2.24, 2.45) is 0 Å². The third-order valence-corrected chi connectivity index (χ3v) is 4.23. The number of alkyl halides is 3. The highest BCUT2D eigenvalue weighted by molar-refractivity contribution is 7.99. The minimum absolute atomic E-state index is 0.277. The van der Waals surface area contributed by atoms with Gasteiger partial charge in [-0.05, 0) is 49.4 Å². The zero-order valence-corrected chi connectivity index (χ0v) is 13.5. The number of hydrogen-bond acceptors (Lipinski definition) is 3. The standard InChI is InChI=1S/C16H12F5NO2S/c1-15(24,16(19,20)21)14(23)22-13-7-6-11(8-12(13)18)25-10-4-2-9(17)3-5-10/h2-8,24H,1H3,(H,22,23)/t15-/m1/s1. The molecule has 0 aliphatic rings. The summed E-state index contributed by atoms with van der Waals surface area (Å²) in [6.07, 6.45) is -5.20. The number of nitrogens with one attached hydrogen (secondary N) is 1. The molecule has 0 saturated heterocycles. The third kappa shape index (κ3) is 4.49. The quantitative estimate of drug-likeness (QED) is 0.778. The molecule has 0 unspecified atom stereocenters. The van der Waals surface area contributed by atoms with E-state index in [1.807, 2.05) is 0 Å². The van der Waals surface area contributed by atoms with Crippen LogP contribution in [0.4, 0.5) is 27.6 Å². The first-order valence-corrected chi connectivity index (χ1v) is 7.66. The fourth-order valence-electron chi connectivity index (χ4n) is 1.67. The Hall–Kier alpha value is -2.13. The Morgan fingerprint density at radius 3 is 2.12 bits per heavy atom. The van der Waals surface area contributed by atoms with Crippen LogP contribution in [0.15, 0.2) is 52.3 Å². The highest BCUT2D eigenvalue weighted by Crippen LogP contribution is 2.33. The van der Waals surface area contributed by atoms with Crippen molar-refractivity contribution in [3.63, 3.8) is 0 Å². The van der Waals surface area contributed by atoms with E-state index in [0.29, 0.717) is 9.79 Å². The van der Waals surface area contributed by atoms with Crippen molar-refractivity contribution < 1.29 is 31.9 Å². The van der Waals surface area contributed by atoms with Gasteiger partial charge in [0.2, 0.25) is 5.60 Å². The fourth-order valence-corrected chi connectivity index (χ4v) is 2.51. The van der Waals surface area contributed by atoms with E-state index in [9.17, 15) is 31.9 Å². The summed E-state index contributed by atoms with van der Waals surface area (Å²) in [4.78, 5) is 12.6. The lowest BCUT2D eigenvalue weighted by atomic mass is 10.1. The number of halogens is 5. The van der Waals surface area contributed by atoms with Crippen molar-refractivity contribution >= 4 is 23.4 Å². The second-order valence-corrected chi connectivity index (χ2v) is 6.37. The Bertz CT molecular complexity index is 775. The Morgan fingerprint density at radius 2 is 1.60 bits per heavy atom. The second kappa shape index (κ2) is 7.01. The monoisotopic (exact) mass is 377 g/mol. The molecule has 0 spiro atoms. The predicted octanol–water partition coefficient (Wildman–Crippen LogP) is 4.37. The summed E-state index contributed by atoms with van der Waals surface area (Å²) < 4.78 is 64.6. The molecule has 1 amide bonds. The van der Waals surface area contributed by atoms with Crippen LogP contribution in [-0.2, 0) is 4.79 Å². The summed E-state index contributed by atoms with van der Waals surface area (Å²) in [6.45, 7) is 0.277. The van der Waals surface area contributed by atoms with E-state index in [0.717, 1.165) is 23.9 Å². The average Bonchev–Trinajstić information content (AvgIpc) is 2.51. The summed E-state index contributed by atoms with van der Waals surface area (Å²) in [5, 5.41) is 11.0. The van der Waals surface area contributed by atoms with Crippen molar-refractivity contribution in [1.29, 1.82) is 0 Å². The van der Waals surface area contributed by atoms with Gasteiger partial charge < -0.3 is 10.4 Å². The summed E-state index contributed by atoms with van der Waals surface area (Å²) in [6, 6.07) is 8.87. The molecule has 0 heterocycles. The Kier molecular flexibility index (Phi) is 5.38. The largest absolute Gasteiger partial charge is 0.426 e. The van der Waals surface area contributed by atoms with E-state index in [-0.39, 0.29) is 6.92 Å². The van der Waals surface area contributed by atoms with Crippen molar-refractivity contribution in [3.05, 3.63) is 54.1 Å². The lowest BCUT2D eigenvalue weighted by Gasteiger charge is -2.25. The number of anilines is 1. The molecule has 0 radical (unpaired) electrons. The smallest absolute Gasteiger partial charge is 0.373 e. The molecular formula is C16H12F5NO2S. The third-order valence-electron chi connectivity index (χ3n) is 3.23. The molecule has 9 heteroatoms. The van der Waals surface area contributed by atoms with Gasteiger partial charge in [0.15, 0.2) is 0 Å². The molecule has 0 saturated carbocycles. The van der Waals surface area contributed by atoms with Gasteiger partial charge in [-0.25, -0.2) is 8.78 Å². The van der Waals surface area contributed by atoms with E-state index in [2.05, 4.69) is 0 Å². The van der Waals surface area contributed by atoms with E-state index in [1.165, 1.54) is 30.3 Å². The number of carbonyl (C=O) groups is 1. The first-order valence-electron chi connectivity index (χ1n) is 6.84. The van der Waals surface area contributed by atoms with Crippen LogP contribution in [0, 0.1) is 11.6 Å². The van der Waals surface area contributed by atoms with Crippen LogP contribution in [0.25, 0.3) is 0 Å².